The molecule has 1 N–H and O–H groups in total. The van der Waals surface area contributed by atoms with E-state index in [1.165, 1.54) is 4.88 Å². The lowest BCUT2D eigenvalue weighted by Gasteiger charge is -2.04. The lowest BCUT2D eigenvalue weighted by atomic mass is 10.3. The van der Waals surface area contributed by atoms with Crippen LogP contribution in [0.25, 0.3) is 0 Å². The fraction of sp³-hybridized carbons (Fsp3) is 0.182. The molecule has 0 amide bonds. The summed E-state index contributed by atoms with van der Waals surface area (Å²) in [6, 6.07) is 4.05. The second-order valence-corrected chi connectivity index (χ2v) is 4.77. The van der Waals surface area contributed by atoms with Gasteiger partial charge >= 0.3 is 0 Å². The number of nitrogens with one attached hydrogen (secondary N) is 1. The van der Waals surface area contributed by atoms with Gasteiger partial charge in [0.2, 0.25) is 0 Å². The molecule has 0 atom stereocenters. The van der Waals surface area contributed by atoms with Gasteiger partial charge in [-0.15, -0.1) is 11.3 Å². The van der Waals surface area contributed by atoms with Crippen LogP contribution in [0, 0.1) is 6.92 Å². The van der Waals surface area contributed by atoms with Crippen molar-refractivity contribution in [1.29, 1.82) is 0 Å². The van der Waals surface area contributed by atoms with Gasteiger partial charge in [-0.25, -0.2) is 0 Å². The maximum Gasteiger partial charge on any atom is 0.0532 e. The second-order valence-electron chi connectivity index (χ2n) is 3.34. The van der Waals surface area contributed by atoms with Crippen LogP contribution in [0.1, 0.15) is 10.4 Å². The number of rotatable bonds is 3. The van der Waals surface area contributed by atoms with Gasteiger partial charge in [0.1, 0.15) is 0 Å². The Kier molecular flexibility index (Phi) is 3.23. The van der Waals surface area contributed by atoms with E-state index in [4.69, 9.17) is 11.6 Å². The number of anilines is 1. The lowest BCUT2D eigenvalue weighted by molar-refractivity contribution is 1.16. The summed E-state index contributed by atoms with van der Waals surface area (Å²) in [5.41, 5.74) is 2.20. The summed E-state index contributed by atoms with van der Waals surface area (Å²) in [6.07, 6.45) is 3.66. The molecule has 2 aromatic heterocycles. The van der Waals surface area contributed by atoms with Crippen molar-refractivity contribution in [2.45, 2.75) is 13.5 Å². The third-order valence-electron chi connectivity index (χ3n) is 1.96. The van der Waals surface area contributed by atoms with Gasteiger partial charge in [-0.05, 0) is 24.6 Å². The first kappa shape index (κ1) is 10.5. The zero-order valence-corrected chi connectivity index (χ0v) is 9.90. The predicted octanol–water partition coefficient (Wildman–Crippen LogP) is 3.72. The summed E-state index contributed by atoms with van der Waals surface area (Å²) in [6.45, 7) is 2.82. The van der Waals surface area contributed by atoms with Gasteiger partial charge in [0, 0.05) is 29.2 Å². The van der Waals surface area contributed by atoms with Crippen LogP contribution >= 0.6 is 22.9 Å². The highest BCUT2D eigenvalue weighted by Crippen LogP contribution is 2.20. The van der Waals surface area contributed by atoms with Crippen LogP contribution in [0.4, 0.5) is 5.69 Å². The van der Waals surface area contributed by atoms with Gasteiger partial charge in [-0.3, -0.25) is 4.98 Å². The topological polar surface area (TPSA) is 24.9 Å². The first-order valence-electron chi connectivity index (χ1n) is 4.62. The Morgan fingerprint density at radius 2 is 2.27 bits per heavy atom. The Morgan fingerprint density at radius 1 is 1.40 bits per heavy atom. The van der Waals surface area contributed by atoms with Crippen LogP contribution < -0.4 is 5.32 Å². The number of hydrogen-bond donors (Lipinski definition) is 1. The molecule has 0 aromatic carbocycles. The third kappa shape index (κ3) is 2.94. The van der Waals surface area contributed by atoms with Crippen molar-refractivity contribution >= 4 is 28.6 Å². The van der Waals surface area contributed by atoms with Gasteiger partial charge in [-0.1, -0.05) is 11.6 Å². The minimum Gasteiger partial charge on any atom is -0.379 e. The molecular formula is C11H11ClN2S. The highest BCUT2D eigenvalue weighted by molar-refractivity contribution is 7.10. The van der Waals surface area contributed by atoms with Gasteiger partial charge in [0.25, 0.3) is 0 Å². The molecular weight excluding hydrogens is 228 g/mol. The molecule has 0 bridgehead atoms. The van der Waals surface area contributed by atoms with E-state index in [1.807, 2.05) is 30.8 Å². The molecule has 0 unspecified atom stereocenters. The molecule has 0 fully saturated rings. The highest BCUT2D eigenvalue weighted by Gasteiger charge is 1.98. The predicted molar refractivity (Wildman–Crippen MR) is 65.6 cm³/mol. The Labute approximate surface area is 97.9 Å². The fourth-order valence-corrected chi connectivity index (χ4v) is 2.30. The Morgan fingerprint density at radius 3 is 2.93 bits per heavy atom. The number of halogens is 1. The molecule has 2 heterocycles. The Balaban J connectivity index is 1.99. The zero-order valence-electron chi connectivity index (χ0n) is 8.33. The van der Waals surface area contributed by atoms with Gasteiger partial charge < -0.3 is 5.32 Å². The van der Waals surface area contributed by atoms with Crippen LogP contribution in [0.3, 0.4) is 0 Å². The van der Waals surface area contributed by atoms with E-state index in [2.05, 4.69) is 16.4 Å². The quantitative estimate of drug-likeness (QED) is 0.882. The highest BCUT2D eigenvalue weighted by atomic mass is 35.5. The molecule has 78 valence electrons. The summed E-state index contributed by atoms with van der Waals surface area (Å²) in [4.78, 5) is 5.34. The van der Waals surface area contributed by atoms with Crippen molar-refractivity contribution in [2.24, 2.45) is 0 Å². The molecule has 0 aliphatic carbocycles. The van der Waals surface area contributed by atoms with Crippen molar-refractivity contribution in [3.05, 3.63) is 45.4 Å². The van der Waals surface area contributed by atoms with E-state index in [9.17, 15) is 0 Å². The first-order valence-corrected chi connectivity index (χ1v) is 5.88. The third-order valence-corrected chi connectivity index (χ3v) is 3.25. The van der Waals surface area contributed by atoms with E-state index >= 15 is 0 Å². The van der Waals surface area contributed by atoms with E-state index < -0.39 is 0 Å². The molecule has 15 heavy (non-hydrogen) atoms. The van der Waals surface area contributed by atoms with Crippen LogP contribution in [0.2, 0.25) is 5.02 Å². The van der Waals surface area contributed by atoms with E-state index in [1.54, 1.807) is 11.3 Å². The van der Waals surface area contributed by atoms with Crippen LogP contribution in [-0.4, -0.2) is 4.98 Å². The Bertz CT molecular complexity index is 453. The van der Waals surface area contributed by atoms with E-state index in [0.29, 0.717) is 0 Å². The lowest BCUT2D eigenvalue weighted by Crippen LogP contribution is -1.97. The van der Waals surface area contributed by atoms with Gasteiger partial charge in [-0.2, -0.15) is 0 Å². The van der Waals surface area contributed by atoms with Crippen molar-refractivity contribution < 1.29 is 0 Å². The monoisotopic (exact) mass is 238 g/mol. The van der Waals surface area contributed by atoms with Gasteiger partial charge in [0.15, 0.2) is 0 Å². The maximum atomic E-state index is 5.84. The minimum absolute atomic E-state index is 0.794. The smallest absolute Gasteiger partial charge is 0.0532 e. The standard InChI is InChI=1S/C11H11ClN2S/c1-8-2-10(5-13-4-8)14-6-11-3-9(12)7-15-11/h2-5,7,14H,6H2,1H3. The number of thiophene rings is 1. The van der Waals surface area contributed by atoms with E-state index in [0.717, 1.165) is 22.8 Å². The summed E-state index contributed by atoms with van der Waals surface area (Å²) in [5.74, 6) is 0. The number of pyridine rings is 1. The molecule has 0 aliphatic heterocycles. The van der Waals surface area contributed by atoms with Crippen molar-refractivity contribution in [3.63, 3.8) is 0 Å². The number of hydrogen-bond acceptors (Lipinski definition) is 3. The number of aryl methyl sites for hydroxylation is 1. The van der Waals surface area contributed by atoms with Gasteiger partial charge in [0.05, 0.1) is 10.7 Å². The van der Waals surface area contributed by atoms with Crippen LogP contribution in [0.5, 0.6) is 0 Å². The molecule has 2 rings (SSSR count). The normalized spacial score (nSPS) is 10.3. The van der Waals surface area contributed by atoms with Crippen LogP contribution in [-0.2, 0) is 6.54 Å². The molecule has 4 heteroatoms. The van der Waals surface area contributed by atoms with Crippen molar-refractivity contribution in [1.82, 2.24) is 4.98 Å². The first-order chi connectivity index (χ1) is 7.24. The summed E-state index contributed by atoms with van der Waals surface area (Å²) >= 11 is 7.50. The molecule has 0 spiro atoms. The molecule has 0 saturated heterocycles. The Hall–Kier alpha value is -1.06. The van der Waals surface area contributed by atoms with Crippen LogP contribution in [0.15, 0.2) is 29.9 Å². The average Bonchev–Trinajstić information content (AvgIpc) is 2.62. The largest absolute Gasteiger partial charge is 0.379 e. The maximum absolute atomic E-state index is 5.84. The number of aromatic nitrogens is 1. The fourth-order valence-electron chi connectivity index (χ4n) is 1.29. The average molecular weight is 239 g/mol. The molecule has 2 nitrogen and oxygen atoms in total. The molecule has 2 aromatic rings. The minimum atomic E-state index is 0.794. The zero-order chi connectivity index (χ0) is 10.7. The summed E-state index contributed by atoms with van der Waals surface area (Å²) < 4.78 is 0. The van der Waals surface area contributed by atoms with Crippen molar-refractivity contribution in [2.75, 3.05) is 5.32 Å². The second kappa shape index (κ2) is 4.64. The molecule has 0 aliphatic rings. The SMILES string of the molecule is Cc1cncc(NCc2cc(Cl)cs2)c1. The summed E-state index contributed by atoms with van der Waals surface area (Å²) in [5, 5.41) is 6.05. The number of nitrogens with zero attached hydrogens (tertiary/aromatic N) is 1. The van der Waals surface area contributed by atoms with E-state index in [-0.39, 0.29) is 0 Å². The van der Waals surface area contributed by atoms with Crippen molar-refractivity contribution in [3.8, 4) is 0 Å². The summed E-state index contributed by atoms with van der Waals surface area (Å²) in [7, 11) is 0. The molecule has 0 saturated carbocycles. The molecule has 0 radical (unpaired) electrons.